The zero-order valence-electron chi connectivity index (χ0n) is 18.7. The molecular weight excluding hydrogens is 369 g/mol. The fourth-order valence-corrected chi connectivity index (χ4v) is 3.63. The Morgan fingerprint density at radius 1 is 1.24 bits per heavy atom. The number of likely N-dealkylation sites (tertiary alicyclic amines) is 1. The molecule has 0 aliphatic carbocycles. The van der Waals surface area contributed by atoms with Gasteiger partial charge in [0, 0.05) is 24.7 Å². The third kappa shape index (κ3) is 4.86. The lowest BCUT2D eigenvalue weighted by atomic mass is 9.78. The molecule has 1 unspecified atom stereocenters. The molecule has 1 amide bonds. The van der Waals surface area contributed by atoms with Crippen molar-refractivity contribution in [2.45, 2.75) is 84.0 Å². The quantitative estimate of drug-likeness (QED) is 0.764. The fraction of sp³-hybridized carbons (Fsp3) is 0.714. The molecule has 1 aromatic rings. The molecule has 3 rings (SSSR count). The van der Waals surface area contributed by atoms with Gasteiger partial charge in [-0.15, -0.1) is 0 Å². The van der Waals surface area contributed by atoms with Crippen molar-refractivity contribution < 1.29 is 18.8 Å². The van der Waals surface area contributed by atoms with Crippen molar-refractivity contribution in [3.8, 4) is 0 Å². The number of pyridine rings is 1. The van der Waals surface area contributed by atoms with Crippen molar-refractivity contribution in [2.24, 2.45) is 0 Å². The Labute approximate surface area is 174 Å². The molecule has 0 spiro atoms. The number of nitrogen functional groups attached to an aromatic ring is 1. The number of ether oxygens (including phenoxy) is 1. The van der Waals surface area contributed by atoms with Crippen LogP contribution in [0.15, 0.2) is 12.1 Å². The van der Waals surface area contributed by atoms with E-state index in [1.165, 1.54) is 0 Å². The van der Waals surface area contributed by atoms with Crippen LogP contribution in [0.4, 0.5) is 10.6 Å². The number of anilines is 1. The second-order valence-electron chi connectivity index (χ2n) is 10.1. The molecule has 7 nitrogen and oxygen atoms in total. The summed E-state index contributed by atoms with van der Waals surface area (Å²) in [5.74, 6) is 0.530. The number of amides is 1. The average Bonchev–Trinajstić information content (AvgIpc) is 2.81. The van der Waals surface area contributed by atoms with Gasteiger partial charge in [0.2, 0.25) is 0 Å². The molecule has 2 fully saturated rings. The molecule has 2 aliphatic rings. The molecule has 1 atom stereocenters. The maximum atomic E-state index is 12.5. The summed E-state index contributed by atoms with van der Waals surface area (Å²) in [5, 5.41) is 0. The number of rotatable bonds is 2. The maximum Gasteiger partial charge on any atom is 0.495 e. The smallest absolute Gasteiger partial charge is 0.444 e. The van der Waals surface area contributed by atoms with Crippen LogP contribution in [-0.4, -0.2) is 53.0 Å². The second-order valence-corrected chi connectivity index (χ2v) is 10.1. The predicted octanol–water partition coefficient (Wildman–Crippen LogP) is 3.08. The molecule has 3 heterocycles. The van der Waals surface area contributed by atoms with Crippen LogP contribution in [0.25, 0.3) is 0 Å². The van der Waals surface area contributed by atoms with Crippen LogP contribution in [0.2, 0.25) is 0 Å². The predicted molar refractivity (Wildman–Crippen MR) is 114 cm³/mol. The molecular formula is C21H34BN3O4. The number of hydrogen-bond donors (Lipinski definition) is 1. The average molecular weight is 403 g/mol. The molecule has 29 heavy (non-hydrogen) atoms. The van der Waals surface area contributed by atoms with Crippen molar-refractivity contribution in [1.82, 2.24) is 9.88 Å². The Hall–Kier alpha value is -1.80. The first-order valence-electron chi connectivity index (χ1n) is 10.4. The van der Waals surface area contributed by atoms with Crippen LogP contribution in [-0.2, 0) is 14.0 Å². The maximum absolute atomic E-state index is 12.5. The second kappa shape index (κ2) is 7.47. The minimum absolute atomic E-state index is 0.0981. The van der Waals surface area contributed by atoms with Gasteiger partial charge < -0.3 is 24.7 Å². The largest absolute Gasteiger partial charge is 0.495 e. The topological polar surface area (TPSA) is 86.9 Å². The van der Waals surface area contributed by atoms with Crippen LogP contribution in [0.1, 0.15) is 72.9 Å². The Kier molecular flexibility index (Phi) is 5.64. The van der Waals surface area contributed by atoms with Crippen molar-refractivity contribution in [2.75, 3.05) is 18.8 Å². The summed E-state index contributed by atoms with van der Waals surface area (Å²) in [7, 11) is -0.491. The number of carbonyl (C=O) groups is 1. The molecule has 8 heteroatoms. The minimum Gasteiger partial charge on any atom is -0.444 e. The lowest BCUT2D eigenvalue weighted by Gasteiger charge is -2.34. The summed E-state index contributed by atoms with van der Waals surface area (Å²) in [6.07, 6.45) is 1.56. The molecule has 2 aliphatic heterocycles. The van der Waals surface area contributed by atoms with Gasteiger partial charge in [-0.25, -0.2) is 9.78 Å². The van der Waals surface area contributed by atoms with Gasteiger partial charge in [-0.3, -0.25) is 0 Å². The molecule has 2 saturated heterocycles. The van der Waals surface area contributed by atoms with E-state index >= 15 is 0 Å². The lowest BCUT2D eigenvalue weighted by Crippen LogP contribution is -2.42. The van der Waals surface area contributed by atoms with E-state index in [-0.39, 0.29) is 12.0 Å². The van der Waals surface area contributed by atoms with E-state index in [1.807, 2.05) is 54.5 Å². The van der Waals surface area contributed by atoms with Gasteiger partial charge in [-0.05, 0) is 78.9 Å². The highest BCUT2D eigenvalue weighted by Gasteiger charge is 2.52. The first-order chi connectivity index (χ1) is 13.3. The van der Waals surface area contributed by atoms with E-state index in [0.29, 0.717) is 18.9 Å². The third-order valence-electron chi connectivity index (χ3n) is 5.90. The molecule has 160 valence electrons. The number of carbonyl (C=O) groups excluding carboxylic acids is 1. The standard InChI is InChI=1S/C21H34BN3O4/c1-19(2,3)27-18(26)25-10-8-9-14(13-25)16-11-15(12-17(23)24-16)22-28-20(4,5)21(6,7)29-22/h11-12,14H,8-10,13H2,1-7H3,(H2,23,24). The molecule has 0 bridgehead atoms. The number of piperidine rings is 1. The summed E-state index contributed by atoms with van der Waals surface area (Å²) in [6.45, 7) is 15.0. The van der Waals surface area contributed by atoms with E-state index in [2.05, 4.69) is 4.98 Å². The van der Waals surface area contributed by atoms with Crippen molar-refractivity contribution in [3.05, 3.63) is 17.8 Å². The summed E-state index contributed by atoms with van der Waals surface area (Å²) >= 11 is 0. The van der Waals surface area contributed by atoms with Crippen LogP contribution >= 0.6 is 0 Å². The summed E-state index contributed by atoms with van der Waals surface area (Å²) in [4.78, 5) is 18.8. The number of aromatic nitrogens is 1. The highest BCUT2D eigenvalue weighted by atomic mass is 16.7. The Morgan fingerprint density at radius 2 is 1.86 bits per heavy atom. The summed E-state index contributed by atoms with van der Waals surface area (Å²) in [6, 6.07) is 3.81. The summed E-state index contributed by atoms with van der Waals surface area (Å²) in [5.41, 5.74) is 6.49. The van der Waals surface area contributed by atoms with Gasteiger partial charge in [0.05, 0.1) is 11.2 Å². The zero-order chi connectivity index (χ0) is 21.6. The van der Waals surface area contributed by atoms with E-state index in [0.717, 1.165) is 24.0 Å². The monoisotopic (exact) mass is 403 g/mol. The fourth-order valence-electron chi connectivity index (χ4n) is 3.63. The van der Waals surface area contributed by atoms with E-state index in [4.69, 9.17) is 19.8 Å². The van der Waals surface area contributed by atoms with Gasteiger partial charge in [0.25, 0.3) is 0 Å². The summed E-state index contributed by atoms with van der Waals surface area (Å²) < 4.78 is 17.9. The van der Waals surface area contributed by atoms with Crippen LogP contribution in [0.3, 0.4) is 0 Å². The van der Waals surface area contributed by atoms with Crippen LogP contribution < -0.4 is 11.2 Å². The minimum atomic E-state index is -0.511. The molecule has 0 saturated carbocycles. The van der Waals surface area contributed by atoms with Gasteiger partial charge in [-0.1, -0.05) is 0 Å². The SMILES string of the molecule is CC(C)(C)OC(=O)N1CCCC(c2cc(B3OC(C)(C)C(C)(C)O3)cc(N)n2)C1. The Balaban J connectivity index is 1.79. The van der Waals surface area contributed by atoms with Gasteiger partial charge in [0.1, 0.15) is 11.4 Å². The highest BCUT2D eigenvalue weighted by molar-refractivity contribution is 6.62. The first kappa shape index (κ1) is 21.9. The van der Waals surface area contributed by atoms with Crippen molar-refractivity contribution in [3.63, 3.8) is 0 Å². The van der Waals surface area contributed by atoms with E-state index < -0.39 is 23.9 Å². The highest BCUT2D eigenvalue weighted by Crippen LogP contribution is 2.37. The molecule has 1 aromatic heterocycles. The molecule has 2 N–H and O–H groups in total. The van der Waals surface area contributed by atoms with Crippen LogP contribution in [0, 0.1) is 0 Å². The van der Waals surface area contributed by atoms with Crippen LogP contribution in [0.5, 0.6) is 0 Å². The normalized spacial score (nSPS) is 23.9. The lowest BCUT2D eigenvalue weighted by molar-refractivity contribution is 0.00578. The van der Waals surface area contributed by atoms with Gasteiger partial charge >= 0.3 is 13.2 Å². The third-order valence-corrected chi connectivity index (χ3v) is 5.90. The number of nitrogens with two attached hydrogens (primary N) is 1. The van der Waals surface area contributed by atoms with Gasteiger partial charge in [0.15, 0.2) is 0 Å². The number of nitrogens with zero attached hydrogens (tertiary/aromatic N) is 2. The first-order valence-corrected chi connectivity index (χ1v) is 10.4. The van der Waals surface area contributed by atoms with Gasteiger partial charge in [-0.2, -0.15) is 0 Å². The van der Waals surface area contributed by atoms with Crippen molar-refractivity contribution in [1.29, 1.82) is 0 Å². The Bertz CT molecular complexity index is 760. The molecule has 0 radical (unpaired) electrons. The van der Waals surface area contributed by atoms with E-state index in [1.54, 1.807) is 11.0 Å². The number of hydrogen-bond acceptors (Lipinski definition) is 6. The zero-order valence-corrected chi connectivity index (χ0v) is 18.7. The molecule has 0 aromatic carbocycles. The van der Waals surface area contributed by atoms with E-state index in [9.17, 15) is 4.79 Å². The van der Waals surface area contributed by atoms with Crippen molar-refractivity contribution >= 4 is 24.5 Å². The Morgan fingerprint density at radius 3 is 2.45 bits per heavy atom.